The van der Waals surface area contributed by atoms with Crippen LogP contribution in [-0.4, -0.2) is 43.8 Å². The van der Waals surface area contributed by atoms with Gasteiger partial charge < -0.3 is 19.5 Å². The predicted molar refractivity (Wildman–Crippen MR) is 128 cm³/mol. The molecule has 2 N–H and O–H groups in total. The molecule has 0 aromatic heterocycles. The Morgan fingerprint density at radius 3 is 2.37 bits per heavy atom. The Morgan fingerprint density at radius 2 is 1.69 bits per heavy atom. The summed E-state index contributed by atoms with van der Waals surface area (Å²) < 4.78 is 16.1. The highest BCUT2D eigenvalue weighted by molar-refractivity contribution is 5.95. The van der Waals surface area contributed by atoms with Crippen LogP contribution in [0.5, 0.6) is 17.2 Å². The van der Waals surface area contributed by atoms with Crippen LogP contribution in [-0.2, 0) is 4.79 Å². The van der Waals surface area contributed by atoms with Crippen LogP contribution in [0.4, 0.5) is 11.4 Å². The highest BCUT2D eigenvalue weighted by Crippen LogP contribution is 2.28. The molecule has 11 heteroatoms. The largest absolute Gasteiger partial charge is 0.495 e. The Balaban J connectivity index is 1.57. The number of carbonyl (C=O) groups excluding carboxylic acids is 2. The Labute approximate surface area is 200 Å². The zero-order valence-corrected chi connectivity index (χ0v) is 18.9. The van der Waals surface area contributed by atoms with Crippen molar-refractivity contribution in [3.63, 3.8) is 0 Å². The first-order chi connectivity index (χ1) is 16.9. The lowest BCUT2D eigenvalue weighted by molar-refractivity contribution is -0.384. The molecule has 3 rings (SSSR count). The quantitative estimate of drug-likeness (QED) is 0.258. The van der Waals surface area contributed by atoms with Gasteiger partial charge in [-0.1, -0.05) is 12.1 Å². The third-order valence-corrected chi connectivity index (χ3v) is 4.65. The van der Waals surface area contributed by atoms with Crippen molar-refractivity contribution in [2.45, 2.75) is 0 Å². The second kappa shape index (κ2) is 11.8. The van der Waals surface area contributed by atoms with Gasteiger partial charge in [0, 0.05) is 17.7 Å². The average molecular weight is 478 g/mol. The second-order valence-corrected chi connectivity index (χ2v) is 6.95. The van der Waals surface area contributed by atoms with Gasteiger partial charge in [-0.05, 0) is 48.0 Å². The highest BCUT2D eigenvalue weighted by atomic mass is 16.6. The van der Waals surface area contributed by atoms with Gasteiger partial charge in [0.05, 0.1) is 31.0 Å². The van der Waals surface area contributed by atoms with E-state index in [9.17, 15) is 19.7 Å². The Hall–Kier alpha value is -4.93. The van der Waals surface area contributed by atoms with Gasteiger partial charge >= 0.3 is 0 Å². The maximum Gasteiger partial charge on any atom is 0.271 e. The van der Waals surface area contributed by atoms with Gasteiger partial charge in [-0.25, -0.2) is 5.43 Å². The molecular formula is C24H22N4O7. The van der Waals surface area contributed by atoms with E-state index < -0.39 is 10.8 Å². The van der Waals surface area contributed by atoms with E-state index in [-0.39, 0.29) is 23.8 Å². The third-order valence-electron chi connectivity index (χ3n) is 4.65. The van der Waals surface area contributed by atoms with Gasteiger partial charge in [0.2, 0.25) is 0 Å². The van der Waals surface area contributed by atoms with Crippen LogP contribution in [0.15, 0.2) is 71.8 Å². The van der Waals surface area contributed by atoms with E-state index in [1.54, 1.807) is 42.5 Å². The zero-order valence-electron chi connectivity index (χ0n) is 18.9. The number of benzene rings is 3. The lowest BCUT2D eigenvalue weighted by atomic mass is 10.2. The van der Waals surface area contributed by atoms with Crippen LogP contribution >= 0.6 is 0 Å². The molecule has 0 heterocycles. The van der Waals surface area contributed by atoms with Gasteiger partial charge in [-0.3, -0.25) is 19.7 Å². The second-order valence-electron chi connectivity index (χ2n) is 6.95. The number of para-hydroxylation sites is 2. The van der Waals surface area contributed by atoms with E-state index in [0.717, 1.165) is 0 Å². The maximum absolute atomic E-state index is 12.3. The molecule has 0 fully saturated rings. The van der Waals surface area contributed by atoms with Crippen LogP contribution in [0.25, 0.3) is 0 Å². The van der Waals surface area contributed by atoms with Gasteiger partial charge in [0.25, 0.3) is 17.5 Å². The number of hydrogen-bond donors (Lipinski definition) is 2. The normalized spacial score (nSPS) is 10.5. The summed E-state index contributed by atoms with van der Waals surface area (Å²) >= 11 is 0. The molecule has 0 aliphatic carbocycles. The minimum Gasteiger partial charge on any atom is -0.495 e. The van der Waals surface area contributed by atoms with E-state index in [2.05, 4.69) is 15.8 Å². The molecule has 0 radical (unpaired) electrons. The molecule has 0 bridgehead atoms. The number of methoxy groups -OCH3 is 2. The minimum absolute atomic E-state index is 0.114. The number of amides is 2. The van der Waals surface area contributed by atoms with Gasteiger partial charge in [-0.15, -0.1) is 0 Å². The number of nitrogens with zero attached hydrogens (tertiary/aromatic N) is 2. The summed E-state index contributed by atoms with van der Waals surface area (Å²) in [5.74, 6) is 0.332. The van der Waals surface area contributed by atoms with Crippen molar-refractivity contribution in [2.75, 3.05) is 26.1 Å². The average Bonchev–Trinajstić information content (AvgIpc) is 2.88. The number of anilines is 1. The van der Waals surface area contributed by atoms with Crippen LogP contribution < -0.4 is 25.0 Å². The van der Waals surface area contributed by atoms with Crippen molar-refractivity contribution >= 4 is 29.4 Å². The summed E-state index contributed by atoms with van der Waals surface area (Å²) in [5.41, 5.74) is 3.57. The maximum atomic E-state index is 12.3. The van der Waals surface area contributed by atoms with Crippen molar-refractivity contribution < 1.29 is 28.7 Å². The number of hydrazone groups is 1. The van der Waals surface area contributed by atoms with E-state index in [1.807, 2.05) is 0 Å². The fraction of sp³-hybridized carbons (Fsp3) is 0.125. The molecule has 35 heavy (non-hydrogen) atoms. The highest BCUT2D eigenvalue weighted by Gasteiger charge is 2.11. The summed E-state index contributed by atoms with van der Waals surface area (Å²) in [5, 5.41) is 17.3. The SMILES string of the molecule is COc1ccccc1NC(=O)COc1ccc(/C=N/NC(=O)c2ccc([N+](=O)[O-])cc2)cc1OC. The van der Waals surface area contributed by atoms with E-state index >= 15 is 0 Å². The molecule has 11 nitrogen and oxygen atoms in total. The summed E-state index contributed by atoms with van der Waals surface area (Å²) in [6, 6.07) is 17.0. The fourth-order valence-electron chi connectivity index (χ4n) is 2.93. The lowest BCUT2D eigenvalue weighted by Crippen LogP contribution is -2.20. The summed E-state index contributed by atoms with van der Waals surface area (Å²) in [6.45, 7) is -0.257. The fourth-order valence-corrected chi connectivity index (χ4v) is 2.93. The summed E-state index contributed by atoms with van der Waals surface area (Å²) in [7, 11) is 2.96. The van der Waals surface area contributed by atoms with Crippen LogP contribution in [0.2, 0.25) is 0 Å². The standard InChI is InChI=1S/C24H22N4O7/c1-33-20-6-4-3-5-19(20)26-23(29)15-35-21-12-7-16(13-22(21)34-2)14-25-27-24(30)17-8-10-18(11-9-17)28(31)32/h3-14H,15H2,1-2H3,(H,26,29)(H,27,30)/b25-14+. The number of rotatable bonds is 10. The van der Waals surface area contributed by atoms with Crippen molar-refractivity contribution in [3.8, 4) is 17.2 Å². The first kappa shape index (κ1) is 24.7. The van der Waals surface area contributed by atoms with E-state index in [1.165, 1.54) is 44.7 Å². The van der Waals surface area contributed by atoms with Crippen molar-refractivity contribution in [1.29, 1.82) is 0 Å². The monoisotopic (exact) mass is 478 g/mol. The Bertz CT molecular complexity index is 1240. The van der Waals surface area contributed by atoms with Crippen molar-refractivity contribution in [3.05, 3.63) is 88.0 Å². The number of non-ortho nitro benzene ring substituents is 1. The molecule has 0 aliphatic rings. The van der Waals surface area contributed by atoms with Gasteiger partial charge in [0.15, 0.2) is 18.1 Å². The molecular weight excluding hydrogens is 456 g/mol. The Kier molecular flexibility index (Phi) is 8.33. The predicted octanol–water partition coefficient (Wildman–Crippen LogP) is 3.39. The number of ether oxygens (including phenoxy) is 3. The van der Waals surface area contributed by atoms with E-state index in [4.69, 9.17) is 14.2 Å². The van der Waals surface area contributed by atoms with Crippen LogP contribution in [0, 0.1) is 10.1 Å². The third kappa shape index (κ3) is 6.78. The zero-order chi connectivity index (χ0) is 25.2. The van der Waals surface area contributed by atoms with Crippen LogP contribution in [0.1, 0.15) is 15.9 Å². The molecule has 0 saturated carbocycles. The molecule has 180 valence electrons. The topological polar surface area (TPSA) is 141 Å². The number of nitro benzene ring substituents is 1. The molecule has 3 aromatic carbocycles. The first-order valence-electron chi connectivity index (χ1n) is 10.2. The van der Waals surface area contributed by atoms with Crippen LogP contribution in [0.3, 0.4) is 0 Å². The van der Waals surface area contributed by atoms with Gasteiger partial charge in [-0.2, -0.15) is 5.10 Å². The number of nitrogens with one attached hydrogen (secondary N) is 2. The molecule has 3 aromatic rings. The number of nitro groups is 1. The smallest absolute Gasteiger partial charge is 0.271 e. The molecule has 2 amide bonds. The van der Waals surface area contributed by atoms with Crippen molar-refractivity contribution in [1.82, 2.24) is 5.43 Å². The summed E-state index contributed by atoms with van der Waals surface area (Å²) in [6.07, 6.45) is 1.39. The molecule has 0 spiro atoms. The Morgan fingerprint density at radius 1 is 0.971 bits per heavy atom. The minimum atomic E-state index is -0.548. The summed E-state index contributed by atoms with van der Waals surface area (Å²) in [4.78, 5) is 34.5. The lowest BCUT2D eigenvalue weighted by Gasteiger charge is -2.12. The van der Waals surface area contributed by atoms with Crippen molar-refractivity contribution in [2.24, 2.45) is 5.10 Å². The van der Waals surface area contributed by atoms with Gasteiger partial charge in [0.1, 0.15) is 5.75 Å². The molecule has 0 saturated heterocycles. The first-order valence-corrected chi connectivity index (χ1v) is 10.2. The molecule has 0 aliphatic heterocycles. The van der Waals surface area contributed by atoms with E-state index in [0.29, 0.717) is 28.5 Å². The molecule has 0 atom stereocenters. The number of hydrogen-bond acceptors (Lipinski definition) is 8. The molecule has 0 unspecified atom stereocenters. The number of carbonyl (C=O) groups is 2.